The highest BCUT2D eigenvalue weighted by Gasteiger charge is 2.05. The maximum atomic E-state index is 11.3. The number of likely N-dealkylation sites (N-methyl/N-ethyl adjacent to an activating group) is 1. The van der Waals surface area contributed by atoms with Crippen molar-refractivity contribution in [2.75, 3.05) is 18.4 Å². The molecular formula is C9H15N5O. The molecule has 0 radical (unpaired) electrons. The van der Waals surface area contributed by atoms with E-state index in [-0.39, 0.29) is 18.4 Å². The van der Waals surface area contributed by atoms with E-state index in [1.165, 1.54) is 0 Å². The van der Waals surface area contributed by atoms with Crippen molar-refractivity contribution in [1.29, 1.82) is 0 Å². The third kappa shape index (κ3) is 3.59. The molecule has 6 nitrogen and oxygen atoms in total. The highest BCUT2D eigenvalue weighted by atomic mass is 16.2. The first-order chi connectivity index (χ1) is 7.13. The summed E-state index contributed by atoms with van der Waals surface area (Å²) in [6, 6.07) is 0. The lowest BCUT2D eigenvalue weighted by atomic mass is 10.4. The van der Waals surface area contributed by atoms with Gasteiger partial charge in [0.05, 0.1) is 17.9 Å². The molecule has 6 heteroatoms. The molecule has 15 heavy (non-hydrogen) atoms. The Kier molecular flexibility index (Phi) is 4.11. The fourth-order valence-electron chi connectivity index (χ4n) is 0.917. The first-order valence-corrected chi connectivity index (χ1v) is 4.82. The van der Waals surface area contributed by atoms with Gasteiger partial charge in [-0.1, -0.05) is 6.92 Å². The fourth-order valence-corrected chi connectivity index (χ4v) is 0.917. The van der Waals surface area contributed by atoms with E-state index in [0.717, 1.165) is 17.9 Å². The molecule has 0 fully saturated rings. The van der Waals surface area contributed by atoms with Crippen molar-refractivity contribution in [3.8, 4) is 0 Å². The van der Waals surface area contributed by atoms with E-state index in [0.29, 0.717) is 0 Å². The van der Waals surface area contributed by atoms with Gasteiger partial charge in [0.15, 0.2) is 0 Å². The standard InChI is InChI=1S/C9H15N5O/c1-4-10-5-8(15)12-9-11-6(2)7(3)13-14-9/h10H,4-5H2,1-3H3,(H,11,12,14,15). The first kappa shape index (κ1) is 11.5. The number of amides is 1. The van der Waals surface area contributed by atoms with Crippen LogP contribution in [0.5, 0.6) is 0 Å². The molecule has 0 spiro atoms. The molecule has 2 N–H and O–H groups in total. The lowest BCUT2D eigenvalue weighted by Gasteiger charge is -2.04. The third-order valence-corrected chi connectivity index (χ3v) is 1.88. The van der Waals surface area contributed by atoms with Gasteiger partial charge in [-0.2, -0.15) is 5.10 Å². The van der Waals surface area contributed by atoms with Crippen LogP contribution >= 0.6 is 0 Å². The van der Waals surface area contributed by atoms with Crippen molar-refractivity contribution in [2.24, 2.45) is 0 Å². The summed E-state index contributed by atoms with van der Waals surface area (Å²) in [5, 5.41) is 13.1. The summed E-state index contributed by atoms with van der Waals surface area (Å²) in [7, 11) is 0. The van der Waals surface area contributed by atoms with Crippen LogP contribution in [0.1, 0.15) is 18.3 Å². The minimum atomic E-state index is -0.165. The lowest BCUT2D eigenvalue weighted by Crippen LogP contribution is -2.28. The van der Waals surface area contributed by atoms with Crippen LogP contribution in [0, 0.1) is 13.8 Å². The molecule has 0 aliphatic carbocycles. The highest BCUT2D eigenvalue weighted by molar-refractivity contribution is 5.90. The molecule has 0 saturated carbocycles. The molecule has 0 unspecified atom stereocenters. The number of aromatic nitrogens is 3. The van der Waals surface area contributed by atoms with Crippen LogP contribution in [-0.2, 0) is 4.79 Å². The van der Waals surface area contributed by atoms with Crippen molar-refractivity contribution in [3.05, 3.63) is 11.4 Å². The Bertz CT molecular complexity index is 352. The summed E-state index contributed by atoms with van der Waals surface area (Å²) < 4.78 is 0. The van der Waals surface area contributed by atoms with Gasteiger partial charge in [-0.25, -0.2) is 4.98 Å². The van der Waals surface area contributed by atoms with E-state index in [1.54, 1.807) is 0 Å². The number of hydrogen-bond acceptors (Lipinski definition) is 5. The van der Waals surface area contributed by atoms with Crippen molar-refractivity contribution in [1.82, 2.24) is 20.5 Å². The number of carbonyl (C=O) groups is 1. The molecule has 1 amide bonds. The van der Waals surface area contributed by atoms with Gasteiger partial charge in [0.25, 0.3) is 0 Å². The van der Waals surface area contributed by atoms with Gasteiger partial charge in [0.2, 0.25) is 11.9 Å². The lowest BCUT2D eigenvalue weighted by molar-refractivity contribution is -0.115. The monoisotopic (exact) mass is 209 g/mol. The van der Waals surface area contributed by atoms with Gasteiger partial charge in [-0.05, 0) is 20.4 Å². The summed E-state index contributed by atoms with van der Waals surface area (Å²) in [6.45, 7) is 6.58. The molecule has 0 aromatic carbocycles. The number of rotatable bonds is 4. The van der Waals surface area contributed by atoms with Crippen molar-refractivity contribution >= 4 is 11.9 Å². The number of nitrogens with zero attached hydrogens (tertiary/aromatic N) is 3. The first-order valence-electron chi connectivity index (χ1n) is 4.82. The SMILES string of the molecule is CCNCC(=O)Nc1nnc(C)c(C)n1. The Hall–Kier alpha value is -1.56. The van der Waals surface area contributed by atoms with Gasteiger partial charge in [-0.15, -0.1) is 5.10 Å². The minimum Gasteiger partial charge on any atom is -0.309 e. The van der Waals surface area contributed by atoms with E-state index in [2.05, 4.69) is 25.8 Å². The van der Waals surface area contributed by atoms with Gasteiger partial charge < -0.3 is 5.32 Å². The zero-order valence-corrected chi connectivity index (χ0v) is 9.16. The smallest absolute Gasteiger partial charge is 0.249 e. The van der Waals surface area contributed by atoms with E-state index in [4.69, 9.17) is 0 Å². The predicted molar refractivity (Wildman–Crippen MR) is 56.5 cm³/mol. The molecule has 0 saturated heterocycles. The van der Waals surface area contributed by atoms with E-state index >= 15 is 0 Å². The van der Waals surface area contributed by atoms with Gasteiger partial charge in [0.1, 0.15) is 0 Å². The molecule has 82 valence electrons. The minimum absolute atomic E-state index is 0.165. The van der Waals surface area contributed by atoms with Crippen LogP contribution in [0.4, 0.5) is 5.95 Å². The average molecular weight is 209 g/mol. The zero-order valence-electron chi connectivity index (χ0n) is 9.16. The van der Waals surface area contributed by atoms with Crippen LogP contribution in [0.2, 0.25) is 0 Å². The fraction of sp³-hybridized carbons (Fsp3) is 0.556. The number of nitrogens with one attached hydrogen (secondary N) is 2. The van der Waals surface area contributed by atoms with Crippen LogP contribution in [0.15, 0.2) is 0 Å². The van der Waals surface area contributed by atoms with Crippen molar-refractivity contribution < 1.29 is 4.79 Å². The summed E-state index contributed by atoms with van der Waals surface area (Å²) >= 11 is 0. The summed E-state index contributed by atoms with van der Waals surface area (Å²) in [6.07, 6.45) is 0. The second-order valence-electron chi connectivity index (χ2n) is 3.13. The molecule has 0 aliphatic heterocycles. The molecule has 1 heterocycles. The van der Waals surface area contributed by atoms with Crippen LogP contribution in [0.25, 0.3) is 0 Å². The summed E-state index contributed by atoms with van der Waals surface area (Å²) in [4.78, 5) is 15.4. The van der Waals surface area contributed by atoms with E-state index < -0.39 is 0 Å². The molecule has 0 atom stereocenters. The second-order valence-corrected chi connectivity index (χ2v) is 3.13. The number of carbonyl (C=O) groups excluding carboxylic acids is 1. The number of aryl methyl sites for hydroxylation is 2. The van der Waals surface area contributed by atoms with Gasteiger partial charge in [0, 0.05) is 0 Å². The Morgan fingerprint density at radius 2 is 2.00 bits per heavy atom. The number of anilines is 1. The molecular weight excluding hydrogens is 194 g/mol. The van der Waals surface area contributed by atoms with Crippen molar-refractivity contribution in [2.45, 2.75) is 20.8 Å². The Morgan fingerprint density at radius 3 is 2.60 bits per heavy atom. The normalized spacial score (nSPS) is 10.1. The quantitative estimate of drug-likeness (QED) is 0.731. The Labute approximate surface area is 88.5 Å². The largest absolute Gasteiger partial charge is 0.309 e. The third-order valence-electron chi connectivity index (χ3n) is 1.88. The van der Waals surface area contributed by atoms with E-state index in [9.17, 15) is 4.79 Å². The summed E-state index contributed by atoms with van der Waals surface area (Å²) in [5.74, 6) is 0.0860. The Balaban J connectivity index is 2.57. The second kappa shape index (κ2) is 5.35. The molecule has 1 rings (SSSR count). The average Bonchev–Trinajstić information content (AvgIpc) is 2.20. The highest BCUT2D eigenvalue weighted by Crippen LogP contribution is 2.01. The summed E-state index contributed by atoms with van der Waals surface area (Å²) in [5.41, 5.74) is 1.53. The molecule has 1 aromatic heterocycles. The molecule has 1 aromatic rings. The maximum Gasteiger partial charge on any atom is 0.249 e. The van der Waals surface area contributed by atoms with Crippen LogP contribution < -0.4 is 10.6 Å². The Morgan fingerprint density at radius 1 is 1.27 bits per heavy atom. The van der Waals surface area contributed by atoms with Gasteiger partial charge in [-0.3, -0.25) is 10.1 Å². The van der Waals surface area contributed by atoms with Crippen LogP contribution in [0.3, 0.4) is 0 Å². The number of hydrogen-bond donors (Lipinski definition) is 2. The van der Waals surface area contributed by atoms with Gasteiger partial charge >= 0.3 is 0 Å². The van der Waals surface area contributed by atoms with Crippen molar-refractivity contribution in [3.63, 3.8) is 0 Å². The topological polar surface area (TPSA) is 79.8 Å². The maximum absolute atomic E-state index is 11.3. The molecule has 0 bridgehead atoms. The predicted octanol–water partition coefficient (Wildman–Crippen LogP) is 0.0364. The van der Waals surface area contributed by atoms with Crippen LogP contribution in [-0.4, -0.2) is 34.2 Å². The molecule has 0 aliphatic rings. The zero-order chi connectivity index (χ0) is 11.3. The van der Waals surface area contributed by atoms with E-state index in [1.807, 2.05) is 20.8 Å².